The number of aromatic amines is 2. The van der Waals surface area contributed by atoms with E-state index in [9.17, 15) is 9.59 Å². The Bertz CT molecular complexity index is 1200. The Labute approximate surface area is 172 Å². The van der Waals surface area contributed by atoms with E-state index in [0.29, 0.717) is 16.8 Å². The lowest BCUT2D eigenvalue weighted by molar-refractivity contribution is 0.0599. The first-order valence-corrected chi connectivity index (χ1v) is 9.96. The number of hydrogen-bond donors (Lipinski definition) is 2. The highest BCUT2D eigenvalue weighted by atomic mass is 16.5. The minimum atomic E-state index is -0.497. The van der Waals surface area contributed by atoms with Crippen LogP contribution < -0.4 is 5.56 Å². The van der Waals surface area contributed by atoms with E-state index in [0.717, 1.165) is 49.3 Å². The van der Waals surface area contributed by atoms with Gasteiger partial charge in [-0.15, -0.1) is 0 Å². The van der Waals surface area contributed by atoms with Crippen LogP contribution in [0.5, 0.6) is 0 Å². The van der Waals surface area contributed by atoms with Gasteiger partial charge in [-0.3, -0.25) is 9.69 Å². The molecule has 1 aromatic heterocycles. The molecule has 154 valence electrons. The number of carbonyl (C=O) groups excluding carboxylic acids is 1. The summed E-state index contributed by atoms with van der Waals surface area (Å²) < 4.78 is 6.84. The van der Waals surface area contributed by atoms with Crippen LogP contribution in [0.15, 0.2) is 41.5 Å². The van der Waals surface area contributed by atoms with E-state index in [2.05, 4.69) is 25.1 Å². The second-order valence-corrected chi connectivity index (χ2v) is 7.63. The fourth-order valence-corrected chi connectivity index (χ4v) is 4.19. The molecule has 0 bridgehead atoms. The molecule has 1 fully saturated rings. The van der Waals surface area contributed by atoms with Crippen LogP contribution in [0, 0.1) is 0 Å². The van der Waals surface area contributed by atoms with Gasteiger partial charge in [0, 0.05) is 31.5 Å². The van der Waals surface area contributed by atoms with Crippen LogP contribution in [0.3, 0.4) is 0 Å². The number of rotatable bonds is 4. The zero-order chi connectivity index (χ0) is 20.7. The number of ether oxygens (including phenoxy) is 1. The summed E-state index contributed by atoms with van der Waals surface area (Å²) in [4.78, 5) is 34.7. The molecule has 1 saturated heterocycles. The molecule has 0 saturated carbocycles. The first kappa shape index (κ1) is 18.6. The molecule has 1 aromatic carbocycles. The van der Waals surface area contributed by atoms with E-state index in [1.165, 1.54) is 7.11 Å². The number of likely N-dealkylation sites (tertiary alicyclic amines) is 1. The quantitative estimate of drug-likeness (QED) is 0.503. The van der Waals surface area contributed by atoms with E-state index in [4.69, 9.17) is 4.74 Å². The van der Waals surface area contributed by atoms with Crippen LogP contribution in [0.2, 0.25) is 0 Å². The average Bonchev–Trinajstić information content (AvgIpc) is 3.36. The number of methoxy groups -OCH3 is 1. The Morgan fingerprint density at radius 3 is 2.80 bits per heavy atom. The summed E-state index contributed by atoms with van der Waals surface area (Å²) in [5.41, 5.74) is 2.79. The number of H-pyrrole nitrogens is 2. The Morgan fingerprint density at radius 2 is 2.03 bits per heavy atom. The molecule has 0 aliphatic carbocycles. The highest BCUT2D eigenvalue weighted by Gasteiger charge is 2.26. The van der Waals surface area contributed by atoms with Crippen molar-refractivity contribution in [3.05, 3.63) is 58.4 Å². The second-order valence-electron chi connectivity index (χ2n) is 7.63. The fraction of sp³-hybridized carbons (Fsp3) is 0.333. The third-order valence-corrected chi connectivity index (χ3v) is 5.78. The van der Waals surface area contributed by atoms with Gasteiger partial charge in [0.2, 0.25) is 0 Å². The van der Waals surface area contributed by atoms with Crippen LogP contribution in [0.1, 0.15) is 35.1 Å². The summed E-state index contributed by atoms with van der Waals surface area (Å²) in [5, 5.41) is 6.41. The molecule has 9 nitrogen and oxygen atoms in total. The van der Waals surface area contributed by atoms with Gasteiger partial charge in [-0.2, -0.15) is 5.10 Å². The van der Waals surface area contributed by atoms with E-state index < -0.39 is 5.97 Å². The number of nitrogens with one attached hydrogen (secondary N) is 2. The molecule has 30 heavy (non-hydrogen) atoms. The molecule has 2 aromatic rings. The van der Waals surface area contributed by atoms with Crippen molar-refractivity contribution in [1.82, 2.24) is 29.6 Å². The Morgan fingerprint density at radius 1 is 1.23 bits per heavy atom. The Kier molecular flexibility index (Phi) is 4.59. The standard InChI is InChI=1S/C21H22N6O3/c1-30-21(29)15-11-27(10-14-19(15)24-25-20(14)28)13-6-8-26(9-7-13)12-18-22-16-4-2-3-5-17(16)23-18/h2-5,10-11,13H,6-9,12H2,1H3,(H,22,23)(H,25,28). The van der Waals surface area contributed by atoms with Crippen molar-refractivity contribution >= 4 is 17.0 Å². The van der Waals surface area contributed by atoms with Gasteiger partial charge in [0.1, 0.15) is 17.1 Å². The van der Waals surface area contributed by atoms with Crippen LogP contribution in [0.25, 0.3) is 22.3 Å². The summed E-state index contributed by atoms with van der Waals surface area (Å²) in [6.45, 7) is 2.57. The van der Waals surface area contributed by atoms with Crippen LogP contribution in [-0.2, 0) is 11.3 Å². The maximum atomic E-state index is 12.2. The molecule has 5 rings (SSSR count). The molecule has 0 spiro atoms. The zero-order valence-electron chi connectivity index (χ0n) is 16.6. The van der Waals surface area contributed by atoms with E-state index >= 15 is 0 Å². The zero-order valence-corrected chi connectivity index (χ0v) is 16.6. The molecule has 0 atom stereocenters. The molecule has 4 heterocycles. The van der Waals surface area contributed by atoms with Crippen molar-refractivity contribution in [3.63, 3.8) is 0 Å². The number of nitrogens with zero attached hydrogens (tertiary/aromatic N) is 4. The molecule has 2 N–H and O–H groups in total. The molecule has 3 aliphatic rings. The monoisotopic (exact) mass is 406 g/mol. The van der Waals surface area contributed by atoms with Crippen molar-refractivity contribution in [2.24, 2.45) is 0 Å². The molecule has 9 heteroatoms. The number of para-hydroxylation sites is 2. The van der Waals surface area contributed by atoms with Crippen molar-refractivity contribution in [2.75, 3.05) is 20.2 Å². The summed E-state index contributed by atoms with van der Waals surface area (Å²) in [6, 6.07) is 8.22. The van der Waals surface area contributed by atoms with Gasteiger partial charge in [-0.25, -0.2) is 14.9 Å². The van der Waals surface area contributed by atoms with Crippen LogP contribution >= 0.6 is 0 Å². The van der Waals surface area contributed by atoms with Crippen molar-refractivity contribution in [2.45, 2.75) is 25.4 Å². The molecular weight excluding hydrogens is 384 g/mol. The normalized spacial score (nSPS) is 15.8. The van der Waals surface area contributed by atoms with Gasteiger partial charge >= 0.3 is 5.97 Å². The number of aromatic nitrogens is 5. The Hall–Kier alpha value is -3.46. The van der Waals surface area contributed by atoms with Crippen molar-refractivity contribution in [3.8, 4) is 11.3 Å². The van der Waals surface area contributed by atoms with Gasteiger partial charge in [0.15, 0.2) is 0 Å². The highest BCUT2D eigenvalue weighted by molar-refractivity contribution is 5.95. The SMILES string of the molecule is COC(=O)c1cn(C2CCN(Cc3nc4ccccc4[nH]3)CC2)cc2c(=O)[nH]nc1-2. The smallest absolute Gasteiger partial charge is 0.341 e. The first-order chi connectivity index (χ1) is 14.6. The molecule has 0 unspecified atom stereocenters. The summed E-state index contributed by atoms with van der Waals surface area (Å²) in [6.07, 6.45) is 5.34. The first-order valence-electron chi connectivity index (χ1n) is 9.96. The number of hydrogen-bond acceptors (Lipinski definition) is 6. The van der Waals surface area contributed by atoms with Crippen LogP contribution in [0.4, 0.5) is 0 Å². The predicted molar refractivity (Wildman–Crippen MR) is 110 cm³/mol. The number of esters is 1. The second kappa shape index (κ2) is 7.42. The number of benzene rings is 1. The lowest BCUT2D eigenvalue weighted by Gasteiger charge is -2.33. The topological polar surface area (TPSA) is 109 Å². The fourth-order valence-electron chi connectivity index (χ4n) is 4.19. The maximum Gasteiger partial charge on any atom is 0.341 e. The van der Waals surface area contributed by atoms with Gasteiger partial charge in [-0.1, -0.05) is 12.1 Å². The average molecular weight is 406 g/mol. The van der Waals surface area contributed by atoms with Gasteiger partial charge in [-0.05, 0) is 25.0 Å². The third-order valence-electron chi connectivity index (χ3n) is 5.78. The number of carbonyl (C=O) groups is 1. The lowest BCUT2D eigenvalue weighted by Crippen LogP contribution is -2.34. The van der Waals surface area contributed by atoms with Crippen molar-refractivity contribution < 1.29 is 9.53 Å². The van der Waals surface area contributed by atoms with E-state index in [1.807, 2.05) is 28.8 Å². The molecular formula is C21H22N6O3. The molecule has 3 aliphatic heterocycles. The molecule has 0 amide bonds. The van der Waals surface area contributed by atoms with Gasteiger partial charge in [0.05, 0.1) is 30.3 Å². The largest absolute Gasteiger partial charge is 0.465 e. The summed E-state index contributed by atoms with van der Waals surface area (Å²) in [7, 11) is 1.33. The van der Waals surface area contributed by atoms with E-state index in [-0.39, 0.29) is 11.6 Å². The number of imidazole rings is 1. The highest BCUT2D eigenvalue weighted by Crippen LogP contribution is 2.28. The van der Waals surface area contributed by atoms with Gasteiger partial charge in [0.25, 0.3) is 5.56 Å². The van der Waals surface area contributed by atoms with Gasteiger partial charge < -0.3 is 14.3 Å². The predicted octanol–water partition coefficient (Wildman–Crippen LogP) is 2.18. The minimum Gasteiger partial charge on any atom is -0.465 e. The third kappa shape index (κ3) is 3.26. The van der Waals surface area contributed by atoms with Crippen molar-refractivity contribution in [1.29, 1.82) is 0 Å². The summed E-state index contributed by atoms with van der Waals surface area (Å²) in [5.74, 6) is 0.467. The molecule has 0 radical (unpaired) electrons. The number of pyridine rings is 1. The minimum absolute atomic E-state index is 0.194. The lowest BCUT2D eigenvalue weighted by atomic mass is 10.0. The maximum absolute atomic E-state index is 12.2. The van der Waals surface area contributed by atoms with E-state index in [1.54, 1.807) is 12.4 Å². The summed E-state index contributed by atoms with van der Waals surface area (Å²) >= 11 is 0. The Balaban J connectivity index is 1.33. The number of piperidine rings is 1. The van der Waals surface area contributed by atoms with Crippen LogP contribution in [-0.4, -0.2) is 55.8 Å². The number of fused-ring (bicyclic) bond motifs is 2.